The van der Waals surface area contributed by atoms with Gasteiger partial charge < -0.3 is 61.9 Å². The van der Waals surface area contributed by atoms with Gasteiger partial charge in [-0.2, -0.15) is 0 Å². The molecule has 482 valence electrons. The van der Waals surface area contributed by atoms with Crippen LogP contribution in [0.5, 0.6) is 0 Å². The Morgan fingerprint density at radius 3 is 1.49 bits per heavy atom. The van der Waals surface area contributed by atoms with Crippen molar-refractivity contribution in [2.24, 2.45) is 29.6 Å². The van der Waals surface area contributed by atoms with Crippen LogP contribution in [0, 0.1) is 29.6 Å². The maximum atomic E-state index is 14.9. The van der Waals surface area contributed by atoms with Crippen molar-refractivity contribution in [3.8, 4) is 0 Å². The van der Waals surface area contributed by atoms with Gasteiger partial charge in [-0.15, -0.1) is 0 Å². The van der Waals surface area contributed by atoms with Gasteiger partial charge in [0.05, 0.1) is 6.10 Å². The fourth-order valence-corrected chi connectivity index (χ4v) is 10.5. The van der Waals surface area contributed by atoms with E-state index in [4.69, 9.17) is 0 Å². The highest BCUT2D eigenvalue weighted by Gasteiger charge is 2.43. The number of piperidine rings is 1. The first kappa shape index (κ1) is 73.1. The van der Waals surface area contributed by atoms with E-state index in [0.717, 1.165) is 18.4 Å². The van der Waals surface area contributed by atoms with Crippen molar-refractivity contribution in [3.05, 3.63) is 35.9 Å². The van der Waals surface area contributed by atoms with E-state index >= 15 is 0 Å². The number of amides is 13. The molecule has 3 rings (SSSR count). The molecule has 86 heavy (non-hydrogen) atoms. The third-order valence-corrected chi connectivity index (χ3v) is 15.5. The summed E-state index contributed by atoms with van der Waals surface area (Å²) in [5, 5.41) is 29.3. The molecule has 2 fully saturated rings. The molecule has 13 amide bonds. The van der Waals surface area contributed by atoms with Crippen LogP contribution in [0.15, 0.2) is 30.3 Å². The summed E-state index contributed by atoms with van der Waals surface area (Å²) in [5.74, 6) is -10.7. The molecular formula is C61H100N12O13. The molecule has 2 aliphatic heterocycles. The quantitative estimate of drug-likeness (QED) is 0.130. The van der Waals surface area contributed by atoms with Gasteiger partial charge in [0.15, 0.2) is 6.04 Å². The number of nitrogens with one attached hydrogen (secondary N) is 7. The van der Waals surface area contributed by atoms with E-state index in [1.54, 1.807) is 58.0 Å². The number of carbonyl (C=O) groups excluding carboxylic acids is 12. The van der Waals surface area contributed by atoms with Gasteiger partial charge >= 0.3 is 6.03 Å². The Kier molecular flexibility index (Phi) is 28.6. The van der Waals surface area contributed by atoms with Crippen LogP contribution in [0.3, 0.4) is 0 Å². The molecule has 2 heterocycles. The number of nitrogens with zero attached hydrogens (tertiary/aromatic N) is 5. The topological polar surface area (TPSA) is 325 Å². The number of benzene rings is 1. The lowest BCUT2D eigenvalue weighted by atomic mass is 9.96. The van der Waals surface area contributed by atoms with E-state index in [1.165, 1.54) is 56.6 Å². The van der Waals surface area contributed by atoms with Crippen molar-refractivity contribution >= 4 is 71.0 Å². The van der Waals surface area contributed by atoms with Crippen molar-refractivity contribution < 1.29 is 62.6 Å². The Morgan fingerprint density at radius 1 is 0.500 bits per heavy atom. The second kappa shape index (κ2) is 33.7. The van der Waals surface area contributed by atoms with Crippen molar-refractivity contribution in [1.29, 1.82) is 0 Å². The maximum absolute atomic E-state index is 14.9. The minimum atomic E-state index is -1.91. The van der Waals surface area contributed by atoms with Crippen LogP contribution < -0.4 is 37.2 Å². The van der Waals surface area contributed by atoms with Gasteiger partial charge in [0.2, 0.25) is 47.3 Å². The zero-order valence-corrected chi connectivity index (χ0v) is 53.8. The minimum absolute atomic E-state index is 0.00755. The summed E-state index contributed by atoms with van der Waals surface area (Å²) >= 11 is 0. The normalized spacial score (nSPS) is 26.6. The number of hydrogen-bond acceptors (Lipinski definition) is 13. The van der Waals surface area contributed by atoms with Crippen molar-refractivity contribution in [2.45, 2.75) is 208 Å². The molecule has 11 atom stereocenters. The number of hydrogen-bond donors (Lipinski definition) is 8. The molecule has 0 radical (unpaired) electrons. The number of rotatable bonds is 13. The van der Waals surface area contributed by atoms with E-state index in [0.29, 0.717) is 23.3 Å². The molecule has 1 unspecified atom stereocenters. The number of carbonyl (C=O) groups is 12. The molecule has 0 bridgehead atoms. The van der Waals surface area contributed by atoms with E-state index in [9.17, 15) is 62.6 Å². The monoisotopic (exact) mass is 1210 g/mol. The first-order valence-electron chi connectivity index (χ1n) is 30.3. The summed E-state index contributed by atoms with van der Waals surface area (Å²) in [5.41, 5.74) is 0.611. The predicted octanol–water partition coefficient (Wildman–Crippen LogP) is 1.44. The van der Waals surface area contributed by atoms with Gasteiger partial charge in [-0.05, 0) is 101 Å². The summed E-state index contributed by atoms with van der Waals surface area (Å²) in [6, 6.07) is -6.69. The lowest BCUT2D eigenvalue weighted by Crippen LogP contribution is -2.64. The average molecular weight is 1210 g/mol. The molecule has 1 aromatic carbocycles. The highest BCUT2D eigenvalue weighted by Crippen LogP contribution is 2.21. The summed E-state index contributed by atoms with van der Waals surface area (Å²) in [4.78, 5) is 179. The Bertz CT molecular complexity index is 2540. The van der Waals surface area contributed by atoms with Crippen LogP contribution in [-0.2, 0) is 59.2 Å². The molecule has 25 heteroatoms. The van der Waals surface area contributed by atoms with Crippen LogP contribution in [0.2, 0.25) is 0 Å². The van der Waals surface area contributed by atoms with Crippen LogP contribution in [0.25, 0.3) is 0 Å². The second-order valence-corrected chi connectivity index (χ2v) is 25.3. The number of likely N-dealkylation sites (tertiary alicyclic amines) is 1. The Balaban J connectivity index is 2.28. The van der Waals surface area contributed by atoms with Crippen LogP contribution in [0.1, 0.15) is 141 Å². The Morgan fingerprint density at radius 2 is 0.988 bits per heavy atom. The molecule has 25 nitrogen and oxygen atoms in total. The molecule has 0 aliphatic carbocycles. The first-order chi connectivity index (χ1) is 40.1. The molecule has 8 N–H and O–H groups in total. The number of aliphatic hydroxyl groups excluding tert-OH is 1. The van der Waals surface area contributed by atoms with Crippen LogP contribution >= 0.6 is 0 Å². The molecular weight excluding hydrogens is 1110 g/mol. The zero-order chi connectivity index (χ0) is 65.2. The van der Waals surface area contributed by atoms with E-state index in [-0.39, 0.29) is 68.9 Å². The molecule has 2 aliphatic rings. The lowest BCUT2D eigenvalue weighted by molar-refractivity contribution is -0.151. The number of urea groups is 1. The van der Waals surface area contributed by atoms with Gasteiger partial charge in [0.1, 0.15) is 54.4 Å². The molecule has 0 spiro atoms. The van der Waals surface area contributed by atoms with E-state index in [1.807, 2.05) is 41.5 Å². The zero-order valence-electron chi connectivity index (χ0n) is 53.8. The maximum Gasteiger partial charge on any atom is 0.324 e. The Hall–Kier alpha value is -7.18. The lowest BCUT2D eigenvalue weighted by Gasteiger charge is -2.37. The average Bonchev–Trinajstić information content (AvgIpc) is 2.10. The fourth-order valence-electron chi connectivity index (χ4n) is 10.5. The third kappa shape index (κ3) is 21.1. The van der Waals surface area contributed by atoms with E-state index < -0.39 is 143 Å². The summed E-state index contributed by atoms with van der Waals surface area (Å²) in [6.07, 6.45) is 0.575. The minimum Gasteiger partial charge on any atom is -0.391 e. The van der Waals surface area contributed by atoms with Crippen molar-refractivity contribution in [3.63, 3.8) is 0 Å². The van der Waals surface area contributed by atoms with Crippen molar-refractivity contribution in [1.82, 2.24) is 61.7 Å². The molecule has 2 saturated heterocycles. The van der Waals surface area contributed by atoms with Gasteiger partial charge in [-0.3, -0.25) is 57.6 Å². The molecule has 1 aromatic rings. The Labute approximate surface area is 508 Å². The SMILES string of the molecule is CC(C)C[C@@H]1NC(=O)[C@H](C)NC(=O)[C@H]([C@@H](C)O)NC(=O)[C@H](C)N(C)C(=O)C(C(=O)N2CCCCC2)NC(=O)[C@H](CC(C)C)N(C)C(=O)[C@H](CC(C)C)NC(=O)[C@H](C(C)C)N(C)C(=O)[C@H](CC(C)C)NC(=O)[C@H](Cc2ccccc2)NC(=O)N(C)C1=O. The molecule has 0 saturated carbocycles. The molecule has 0 aromatic heterocycles. The largest absolute Gasteiger partial charge is 0.391 e. The predicted molar refractivity (Wildman–Crippen MR) is 323 cm³/mol. The summed E-state index contributed by atoms with van der Waals surface area (Å²) < 4.78 is 0. The third-order valence-electron chi connectivity index (χ3n) is 15.5. The van der Waals surface area contributed by atoms with Gasteiger partial charge in [-0.1, -0.05) is 99.6 Å². The highest BCUT2D eigenvalue weighted by atomic mass is 16.3. The number of aliphatic hydroxyl groups is 1. The highest BCUT2D eigenvalue weighted by molar-refractivity contribution is 6.09. The first-order valence-corrected chi connectivity index (χ1v) is 30.3. The van der Waals surface area contributed by atoms with Gasteiger partial charge in [-0.25, -0.2) is 4.79 Å². The van der Waals surface area contributed by atoms with Gasteiger partial charge in [0.25, 0.3) is 17.7 Å². The van der Waals surface area contributed by atoms with Gasteiger partial charge in [0, 0.05) is 47.7 Å². The number of imide groups is 1. The second-order valence-electron chi connectivity index (χ2n) is 25.3. The number of likely N-dealkylation sites (N-methyl/N-ethyl adjacent to an activating group) is 4. The summed E-state index contributed by atoms with van der Waals surface area (Å²) in [6.45, 7) is 22.3. The van der Waals surface area contributed by atoms with Crippen LogP contribution in [0.4, 0.5) is 4.79 Å². The smallest absolute Gasteiger partial charge is 0.324 e. The van der Waals surface area contributed by atoms with E-state index in [2.05, 4.69) is 37.2 Å². The fraction of sp³-hybridized carbons (Fsp3) is 0.705. The summed E-state index contributed by atoms with van der Waals surface area (Å²) in [7, 11) is 5.18. The van der Waals surface area contributed by atoms with Crippen molar-refractivity contribution in [2.75, 3.05) is 41.3 Å². The standard InChI is InChI=1S/C61H100N12O13/c1-33(2)28-43-56(81)70(15)46(31-36(7)8)53(78)68-48(60(85)73-26-22-19-23-27-73)59(84)69(14)39(12)51(76)67-47(40(13)74)54(79)62-38(11)50(75)63-45(30-35(5)6)58(83)72(17)61(86)66-42(32-41-24-20-18-21-25-41)52(77)64-44(29-34(3)4)57(82)71(16)49(37(9)10)55(80)65-43/h18,20-21,24-25,33-40,42-49,74H,19,22-23,26-32H2,1-17H3,(H,62,79)(H,63,75)(H,64,77)(H,65,80)(H,66,86)(H,67,76)(H,68,78)/t38-,39-,40+,42-,43-,44-,45-,46-,47-,48?,49-/m0/s1. The van der Waals surface area contributed by atoms with Crippen LogP contribution in [-0.4, -0.2) is 208 Å².